The van der Waals surface area contributed by atoms with Crippen molar-refractivity contribution in [2.75, 3.05) is 19.7 Å². The van der Waals surface area contributed by atoms with Crippen LogP contribution in [-0.2, 0) is 9.53 Å². The van der Waals surface area contributed by atoms with E-state index in [-0.39, 0.29) is 24.2 Å². The van der Waals surface area contributed by atoms with E-state index in [0.717, 1.165) is 12.2 Å². The molecule has 2 atom stereocenters. The minimum absolute atomic E-state index is 0.0426. The Hall–Kier alpha value is -1.30. The second-order valence-electron chi connectivity index (χ2n) is 5.60. The van der Waals surface area contributed by atoms with Crippen molar-refractivity contribution in [3.05, 3.63) is 29.3 Å². The van der Waals surface area contributed by atoms with E-state index >= 15 is 0 Å². The number of nitrogens with zero attached hydrogens (tertiary/aromatic N) is 1. The fourth-order valence-electron chi connectivity index (χ4n) is 2.57. The zero-order valence-electron chi connectivity index (χ0n) is 11.7. The monoisotopic (exact) mass is 310 g/mol. The molecule has 2 saturated heterocycles. The van der Waals surface area contributed by atoms with Crippen molar-refractivity contribution >= 4 is 17.5 Å². The molecular formula is C15H19ClN2O3. The predicted octanol–water partition coefficient (Wildman–Crippen LogP) is 1.44. The van der Waals surface area contributed by atoms with E-state index < -0.39 is 0 Å². The summed E-state index contributed by atoms with van der Waals surface area (Å²) >= 11 is 5.83. The summed E-state index contributed by atoms with van der Waals surface area (Å²) in [6.45, 7) is 1.68. The van der Waals surface area contributed by atoms with Gasteiger partial charge in [-0.3, -0.25) is 4.79 Å². The Balaban J connectivity index is 1.45. The highest BCUT2D eigenvalue weighted by atomic mass is 35.5. The van der Waals surface area contributed by atoms with Gasteiger partial charge in [-0.1, -0.05) is 11.6 Å². The molecule has 1 aromatic rings. The lowest BCUT2D eigenvalue weighted by Gasteiger charge is -2.41. The summed E-state index contributed by atoms with van der Waals surface area (Å²) in [4.78, 5) is 14.0. The van der Waals surface area contributed by atoms with Crippen molar-refractivity contribution in [2.24, 2.45) is 5.73 Å². The zero-order chi connectivity index (χ0) is 14.8. The average Bonchev–Trinajstić information content (AvgIpc) is 2.44. The van der Waals surface area contributed by atoms with Crippen LogP contribution in [0.15, 0.2) is 24.3 Å². The van der Waals surface area contributed by atoms with Crippen molar-refractivity contribution < 1.29 is 14.3 Å². The molecule has 0 radical (unpaired) electrons. The number of likely N-dealkylation sites (tertiary alicyclic amines) is 1. The van der Waals surface area contributed by atoms with Crippen LogP contribution in [0, 0.1) is 0 Å². The highest BCUT2D eigenvalue weighted by Gasteiger charge is 2.37. The molecule has 0 unspecified atom stereocenters. The van der Waals surface area contributed by atoms with Crippen molar-refractivity contribution in [3.63, 3.8) is 0 Å². The number of carbonyl (C=O) groups excluding carboxylic acids is 1. The molecule has 1 aromatic carbocycles. The van der Waals surface area contributed by atoms with Gasteiger partial charge in [0.05, 0.1) is 19.7 Å². The molecule has 21 heavy (non-hydrogen) atoms. The standard InChI is InChI=1S/C15H19ClN2O3/c16-10-1-4-12(5-2-10)21-13-7-18(8-13)15(19)14-6-3-11(17)9-20-14/h1-2,4-5,11,13-14H,3,6-9,17H2/t11-,14+/m1/s1. The Bertz CT molecular complexity index is 494. The first-order valence-electron chi connectivity index (χ1n) is 7.20. The maximum Gasteiger partial charge on any atom is 0.251 e. The average molecular weight is 311 g/mol. The van der Waals surface area contributed by atoms with E-state index in [1.54, 1.807) is 17.0 Å². The molecule has 2 fully saturated rings. The summed E-state index contributed by atoms with van der Waals surface area (Å²) in [7, 11) is 0. The summed E-state index contributed by atoms with van der Waals surface area (Å²) in [5.74, 6) is 0.828. The first kappa shape index (κ1) is 14.6. The predicted molar refractivity (Wildman–Crippen MR) is 79.4 cm³/mol. The number of nitrogens with two attached hydrogens (primary N) is 1. The molecular weight excluding hydrogens is 292 g/mol. The molecule has 2 heterocycles. The lowest BCUT2D eigenvalue weighted by atomic mass is 10.0. The Morgan fingerprint density at radius 3 is 2.62 bits per heavy atom. The van der Waals surface area contributed by atoms with Crippen LogP contribution in [0.1, 0.15) is 12.8 Å². The quantitative estimate of drug-likeness (QED) is 0.917. The van der Waals surface area contributed by atoms with Crippen LogP contribution in [0.2, 0.25) is 5.02 Å². The lowest BCUT2D eigenvalue weighted by Crippen LogP contribution is -2.59. The number of amides is 1. The minimum atomic E-state index is -0.332. The van der Waals surface area contributed by atoms with Gasteiger partial charge in [0.15, 0.2) is 0 Å². The number of hydrogen-bond acceptors (Lipinski definition) is 4. The normalized spacial score (nSPS) is 26.3. The number of rotatable bonds is 3. The van der Waals surface area contributed by atoms with Gasteiger partial charge in [-0.2, -0.15) is 0 Å². The zero-order valence-corrected chi connectivity index (χ0v) is 12.5. The third-order valence-electron chi connectivity index (χ3n) is 3.86. The molecule has 2 aliphatic rings. The van der Waals surface area contributed by atoms with Gasteiger partial charge < -0.3 is 20.1 Å². The van der Waals surface area contributed by atoms with Crippen LogP contribution >= 0.6 is 11.6 Å². The van der Waals surface area contributed by atoms with Crippen LogP contribution in [0.25, 0.3) is 0 Å². The van der Waals surface area contributed by atoms with E-state index in [1.165, 1.54) is 0 Å². The van der Waals surface area contributed by atoms with Gasteiger partial charge in [0.1, 0.15) is 18.0 Å². The smallest absolute Gasteiger partial charge is 0.251 e. The summed E-state index contributed by atoms with van der Waals surface area (Å²) < 4.78 is 11.3. The van der Waals surface area contributed by atoms with Crippen molar-refractivity contribution in [3.8, 4) is 5.75 Å². The largest absolute Gasteiger partial charge is 0.487 e. The third kappa shape index (κ3) is 3.48. The summed E-state index contributed by atoms with van der Waals surface area (Å²) in [5.41, 5.74) is 5.76. The number of ether oxygens (including phenoxy) is 2. The highest BCUT2D eigenvalue weighted by Crippen LogP contribution is 2.22. The first-order chi connectivity index (χ1) is 10.1. The molecule has 3 rings (SSSR count). The van der Waals surface area contributed by atoms with Gasteiger partial charge in [-0.15, -0.1) is 0 Å². The maximum absolute atomic E-state index is 12.2. The van der Waals surface area contributed by atoms with Crippen LogP contribution in [0.5, 0.6) is 5.75 Å². The summed E-state index contributed by atoms with van der Waals surface area (Å²) in [6.07, 6.45) is 1.26. The van der Waals surface area contributed by atoms with Crippen LogP contribution < -0.4 is 10.5 Å². The van der Waals surface area contributed by atoms with Gasteiger partial charge in [-0.25, -0.2) is 0 Å². The van der Waals surface area contributed by atoms with Crippen molar-refractivity contribution in [1.29, 1.82) is 0 Å². The van der Waals surface area contributed by atoms with E-state index in [0.29, 0.717) is 31.1 Å². The lowest BCUT2D eigenvalue weighted by molar-refractivity contribution is -0.155. The van der Waals surface area contributed by atoms with Crippen LogP contribution in [0.3, 0.4) is 0 Å². The van der Waals surface area contributed by atoms with E-state index in [9.17, 15) is 4.79 Å². The number of halogens is 1. The van der Waals surface area contributed by atoms with Gasteiger partial charge >= 0.3 is 0 Å². The van der Waals surface area contributed by atoms with Gasteiger partial charge in [-0.05, 0) is 37.1 Å². The van der Waals surface area contributed by atoms with Crippen LogP contribution in [-0.4, -0.2) is 48.8 Å². The van der Waals surface area contributed by atoms with Crippen molar-refractivity contribution in [2.45, 2.75) is 31.1 Å². The highest BCUT2D eigenvalue weighted by molar-refractivity contribution is 6.30. The number of benzene rings is 1. The molecule has 0 aliphatic carbocycles. The van der Waals surface area contributed by atoms with Gasteiger partial charge in [0, 0.05) is 11.1 Å². The van der Waals surface area contributed by atoms with Crippen LogP contribution in [0.4, 0.5) is 0 Å². The summed E-state index contributed by atoms with van der Waals surface area (Å²) in [6, 6.07) is 7.30. The molecule has 0 spiro atoms. The Morgan fingerprint density at radius 1 is 1.29 bits per heavy atom. The molecule has 5 nitrogen and oxygen atoms in total. The first-order valence-corrected chi connectivity index (χ1v) is 7.58. The molecule has 0 saturated carbocycles. The number of hydrogen-bond donors (Lipinski definition) is 1. The SMILES string of the molecule is N[C@@H]1CC[C@@H](C(=O)N2CC(Oc3ccc(Cl)cc3)C2)OC1. The fourth-order valence-corrected chi connectivity index (χ4v) is 2.69. The second kappa shape index (κ2) is 6.22. The van der Waals surface area contributed by atoms with E-state index in [2.05, 4.69) is 0 Å². The third-order valence-corrected chi connectivity index (χ3v) is 4.11. The minimum Gasteiger partial charge on any atom is -0.487 e. The summed E-state index contributed by atoms with van der Waals surface area (Å²) in [5, 5.41) is 0.681. The van der Waals surface area contributed by atoms with E-state index in [4.69, 9.17) is 26.8 Å². The molecule has 114 valence electrons. The van der Waals surface area contributed by atoms with Crippen molar-refractivity contribution in [1.82, 2.24) is 4.90 Å². The molecule has 2 aliphatic heterocycles. The number of carbonyl (C=O) groups is 1. The molecule has 6 heteroatoms. The molecule has 0 aromatic heterocycles. The van der Waals surface area contributed by atoms with E-state index in [1.807, 2.05) is 12.1 Å². The Morgan fingerprint density at radius 2 is 2.00 bits per heavy atom. The van der Waals surface area contributed by atoms with Gasteiger partial charge in [0.2, 0.25) is 0 Å². The Labute approximate surface area is 128 Å². The second-order valence-corrected chi connectivity index (χ2v) is 6.03. The topological polar surface area (TPSA) is 64.8 Å². The maximum atomic E-state index is 12.2. The molecule has 0 bridgehead atoms. The van der Waals surface area contributed by atoms with Gasteiger partial charge in [0.25, 0.3) is 5.91 Å². The molecule has 1 amide bonds. The Kier molecular flexibility index (Phi) is 4.33. The fraction of sp³-hybridized carbons (Fsp3) is 0.533. The molecule has 2 N–H and O–H groups in total.